The molecule has 1 aromatic rings. The molecule has 1 spiro atoms. The number of hydrogen-bond donors (Lipinski definition) is 1. The second-order valence-electron chi connectivity index (χ2n) is 6.10. The van der Waals surface area contributed by atoms with E-state index in [1.165, 1.54) is 0 Å². The molecular formula is C16H23NO3. The van der Waals surface area contributed by atoms with Crippen molar-refractivity contribution in [2.24, 2.45) is 5.92 Å². The van der Waals surface area contributed by atoms with Crippen molar-refractivity contribution in [3.05, 3.63) is 29.6 Å². The van der Waals surface area contributed by atoms with Crippen LogP contribution in [0.3, 0.4) is 0 Å². The van der Waals surface area contributed by atoms with Gasteiger partial charge >= 0.3 is 0 Å². The Hall–Kier alpha value is -0.970. The molecule has 4 nitrogen and oxygen atoms in total. The molecule has 2 aliphatic rings. The zero-order valence-electron chi connectivity index (χ0n) is 12.0. The van der Waals surface area contributed by atoms with E-state index in [1.807, 2.05) is 25.3 Å². The van der Waals surface area contributed by atoms with Crippen molar-refractivity contribution < 1.29 is 14.6 Å². The van der Waals surface area contributed by atoms with Gasteiger partial charge in [0.15, 0.2) is 0 Å². The summed E-state index contributed by atoms with van der Waals surface area (Å²) in [7, 11) is 0. The number of aryl methyl sites for hydroxylation is 1. The van der Waals surface area contributed by atoms with Gasteiger partial charge in [0.2, 0.25) is 0 Å². The van der Waals surface area contributed by atoms with Gasteiger partial charge in [-0.25, -0.2) is 0 Å². The van der Waals surface area contributed by atoms with Crippen LogP contribution in [0.4, 0.5) is 0 Å². The average molecular weight is 277 g/mol. The molecule has 20 heavy (non-hydrogen) atoms. The molecule has 1 N–H and O–H groups in total. The zero-order valence-corrected chi connectivity index (χ0v) is 12.0. The summed E-state index contributed by atoms with van der Waals surface area (Å²) < 4.78 is 11.5. The first-order chi connectivity index (χ1) is 9.69. The minimum absolute atomic E-state index is 0.0765. The Morgan fingerprint density at radius 1 is 1.30 bits per heavy atom. The second kappa shape index (κ2) is 5.80. The summed E-state index contributed by atoms with van der Waals surface area (Å²) in [5.41, 5.74) is 1.82. The molecular weight excluding hydrogens is 254 g/mol. The molecule has 0 saturated carbocycles. The van der Waals surface area contributed by atoms with Crippen molar-refractivity contribution in [3.63, 3.8) is 0 Å². The fraction of sp³-hybridized carbons (Fsp3) is 0.688. The third kappa shape index (κ3) is 2.87. The molecule has 2 fully saturated rings. The highest BCUT2D eigenvalue weighted by Gasteiger charge is 2.41. The fourth-order valence-corrected chi connectivity index (χ4v) is 3.32. The van der Waals surface area contributed by atoms with Crippen molar-refractivity contribution in [3.8, 4) is 0 Å². The summed E-state index contributed by atoms with van der Waals surface area (Å²) >= 11 is 0. The summed E-state index contributed by atoms with van der Waals surface area (Å²) in [6, 6.07) is 3.95. The van der Waals surface area contributed by atoms with Crippen LogP contribution in [0.1, 0.15) is 43.0 Å². The largest absolute Gasteiger partial charge is 0.387 e. The van der Waals surface area contributed by atoms with Crippen molar-refractivity contribution in [2.45, 2.75) is 44.3 Å². The Morgan fingerprint density at radius 2 is 2.10 bits per heavy atom. The van der Waals surface area contributed by atoms with Crippen LogP contribution >= 0.6 is 0 Å². The lowest BCUT2D eigenvalue weighted by atomic mass is 9.78. The van der Waals surface area contributed by atoms with Crippen molar-refractivity contribution in [2.75, 3.05) is 19.8 Å². The minimum atomic E-state index is -0.487. The van der Waals surface area contributed by atoms with Crippen LogP contribution in [0.5, 0.6) is 0 Å². The van der Waals surface area contributed by atoms with E-state index in [-0.39, 0.29) is 11.5 Å². The van der Waals surface area contributed by atoms with Gasteiger partial charge in [-0.2, -0.15) is 0 Å². The SMILES string of the molecule is Cc1ccc(C(O)C2CCOC3(CCOCC3)C2)nc1. The Morgan fingerprint density at radius 3 is 2.80 bits per heavy atom. The van der Waals surface area contributed by atoms with Crippen molar-refractivity contribution in [1.29, 1.82) is 0 Å². The number of pyridine rings is 1. The average Bonchev–Trinajstić information content (AvgIpc) is 2.48. The lowest BCUT2D eigenvalue weighted by Crippen LogP contribution is -2.45. The number of ether oxygens (including phenoxy) is 2. The number of hydrogen-bond acceptors (Lipinski definition) is 4. The summed E-state index contributed by atoms with van der Waals surface area (Å²) in [4.78, 5) is 4.37. The van der Waals surface area contributed by atoms with E-state index in [4.69, 9.17) is 9.47 Å². The van der Waals surface area contributed by atoms with Gasteiger partial charge in [0.1, 0.15) is 0 Å². The van der Waals surface area contributed by atoms with E-state index in [2.05, 4.69) is 4.98 Å². The molecule has 0 aromatic carbocycles. The first-order valence-electron chi connectivity index (χ1n) is 7.51. The van der Waals surface area contributed by atoms with E-state index in [0.29, 0.717) is 0 Å². The summed E-state index contributed by atoms with van der Waals surface area (Å²) in [6.45, 7) is 4.28. The van der Waals surface area contributed by atoms with E-state index < -0.39 is 6.10 Å². The maximum absolute atomic E-state index is 10.6. The molecule has 1 aromatic heterocycles. The monoisotopic (exact) mass is 277 g/mol. The van der Waals surface area contributed by atoms with Gasteiger partial charge in [-0.3, -0.25) is 4.98 Å². The van der Waals surface area contributed by atoms with E-state index in [1.54, 1.807) is 0 Å². The smallest absolute Gasteiger partial charge is 0.0989 e. The van der Waals surface area contributed by atoms with Gasteiger partial charge in [0.05, 0.1) is 17.4 Å². The van der Waals surface area contributed by atoms with E-state index in [0.717, 1.165) is 56.8 Å². The molecule has 110 valence electrons. The molecule has 2 atom stereocenters. The molecule has 0 amide bonds. The van der Waals surface area contributed by atoms with Gasteiger partial charge in [0, 0.05) is 26.0 Å². The van der Waals surface area contributed by atoms with E-state index in [9.17, 15) is 5.11 Å². The number of aliphatic hydroxyl groups excluding tert-OH is 1. The second-order valence-corrected chi connectivity index (χ2v) is 6.10. The number of rotatable bonds is 2. The maximum Gasteiger partial charge on any atom is 0.0989 e. The van der Waals surface area contributed by atoms with Gasteiger partial charge < -0.3 is 14.6 Å². The third-order valence-corrected chi connectivity index (χ3v) is 4.62. The Balaban J connectivity index is 1.71. The van der Waals surface area contributed by atoms with Crippen LogP contribution in [0.15, 0.2) is 18.3 Å². The van der Waals surface area contributed by atoms with Crippen LogP contribution in [0.2, 0.25) is 0 Å². The van der Waals surface area contributed by atoms with Crippen LogP contribution in [-0.2, 0) is 9.47 Å². The molecule has 2 aliphatic heterocycles. The maximum atomic E-state index is 10.6. The lowest BCUT2D eigenvalue weighted by Gasteiger charge is -2.44. The molecule has 0 radical (unpaired) electrons. The summed E-state index contributed by atoms with van der Waals surface area (Å²) in [6.07, 6.45) is 5.03. The normalized spacial score (nSPS) is 27.4. The minimum Gasteiger partial charge on any atom is -0.387 e. The summed E-state index contributed by atoms with van der Waals surface area (Å²) in [5.74, 6) is 0.233. The van der Waals surface area contributed by atoms with E-state index >= 15 is 0 Å². The molecule has 0 aliphatic carbocycles. The molecule has 3 heterocycles. The standard InChI is InChI=1S/C16H23NO3/c1-12-2-3-14(17-11-12)15(18)13-4-7-20-16(10-13)5-8-19-9-6-16/h2-3,11,13,15,18H,4-10H2,1H3. The molecule has 0 bridgehead atoms. The van der Waals surface area contributed by atoms with Crippen molar-refractivity contribution >= 4 is 0 Å². The topological polar surface area (TPSA) is 51.6 Å². The van der Waals surface area contributed by atoms with Crippen LogP contribution in [0, 0.1) is 12.8 Å². The zero-order chi connectivity index (χ0) is 14.0. The predicted molar refractivity (Wildman–Crippen MR) is 75.4 cm³/mol. The Bertz CT molecular complexity index is 434. The predicted octanol–water partition coefficient (Wildman–Crippen LogP) is 2.40. The molecule has 3 rings (SSSR count). The first-order valence-corrected chi connectivity index (χ1v) is 7.51. The highest BCUT2D eigenvalue weighted by Crippen LogP contribution is 2.41. The van der Waals surface area contributed by atoms with Crippen LogP contribution < -0.4 is 0 Å². The van der Waals surface area contributed by atoms with Crippen LogP contribution in [-0.4, -0.2) is 35.5 Å². The highest BCUT2D eigenvalue weighted by atomic mass is 16.5. The van der Waals surface area contributed by atoms with Gasteiger partial charge in [-0.05, 0) is 50.2 Å². The van der Waals surface area contributed by atoms with Gasteiger partial charge in [-0.1, -0.05) is 6.07 Å². The molecule has 4 heteroatoms. The van der Waals surface area contributed by atoms with Crippen molar-refractivity contribution in [1.82, 2.24) is 4.98 Å². The number of aromatic nitrogens is 1. The fourth-order valence-electron chi connectivity index (χ4n) is 3.32. The Labute approximate surface area is 120 Å². The quantitative estimate of drug-likeness (QED) is 0.902. The number of aliphatic hydroxyl groups is 1. The highest BCUT2D eigenvalue weighted by molar-refractivity contribution is 5.15. The van der Waals surface area contributed by atoms with Gasteiger partial charge in [-0.15, -0.1) is 0 Å². The molecule has 2 unspecified atom stereocenters. The van der Waals surface area contributed by atoms with Gasteiger partial charge in [0.25, 0.3) is 0 Å². The third-order valence-electron chi connectivity index (χ3n) is 4.62. The summed E-state index contributed by atoms with van der Waals surface area (Å²) in [5, 5.41) is 10.6. The molecule has 2 saturated heterocycles. The number of nitrogens with zero attached hydrogens (tertiary/aromatic N) is 1. The lowest BCUT2D eigenvalue weighted by molar-refractivity contribution is -0.159. The first kappa shape index (κ1) is 14.0. The Kier molecular flexibility index (Phi) is 4.06. The van der Waals surface area contributed by atoms with Crippen LogP contribution in [0.25, 0.3) is 0 Å².